The van der Waals surface area contributed by atoms with E-state index in [2.05, 4.69) is 20.4 Å². The number of ether oxygens (including phenoxy) is 1. The lowest BCUT2D eigenvalue weighted by Crippen LogP contribution is -2.66. The van der Waals surface area contributed by atoms with E-state index in [0.717, 1.165) is 37.7 Å². The topological polar surface area (TPSA) is 66.8 Å². The van der Waals surface area contributed by atoms with Crippen molar-refractivity contribution in [2.75, 3.05) is 0 Å². The maximum Gasteiger partial charge on any atom is 0.312 e. The summed E-state index contributed by atoms with van der Waals surface area (Å²) in [4.78, 5) is 12.7. The van der Waals surface area contributed by atoms with Crippen LogP contribution in [0.25, 0.3) is 0 Å². The molecule has 24 heavy (non-hydrogen) atoms. The molecule has 4 aliphatic carbocycles. The van der Waals surface area contributed by atoms with Crippen LogP contribution in [0.4, 0.5) is 0 Å². The molecule has 4 saturated carbocycles. The summed E-state index contributed by atoms with van der Waals surface area (Å²) in [6.45, 7) is 8.51. The van der Waals surface area contributed by atoms with Crippen LogP contribution in [0, 0.1) is 28.1 Å². The van der Waals surface area contributed by atoms with E-state index in [1.54, 1.807) is 0 Å². The lowest BCUT2D eigenvalue weighted by Gasteiger charge is -2.64. The molecule has 0 unspecified atom stereocenters. The summed E-state index contributed by atoms with van der Waals surface area (Å²) in [6.07, 6.45) is 4.79. The Morgan fingerprint density at radius 2 is 2.00 bits per heavy atom. The van der Waals surface area contributed by atoms with Crippen molar-refractivity contribution >= 4 is 5.97 Å². The van der Waals surface area contributed by atoms with Crippen LogP contribution in [0.5, 0.6) is 0 Å². The molecule has 1 heterocycles. The van der Waals surface area contributed by atoms with Crippen LogP contribution in [-0.2, 0) is 9.53 Å². The minimum absolute atomic E-state index is 0.00495. The van der Waals surface area contributed by atoms with E-state index < -0.39 is 23.2 Å². The van der Waals surface area contributed by atoms with Gasteiger partial charge in [-0.15, -0.1) is 0 Å². The van der Waals surface area contributed by atoms with E-state index >= 15 is 0 Å². The molecule has 2 bridgehead atoms. The summed E-state index contributed by atoms with van der Waals surface area (Å²) in [5, 5.41) is 22.3. The Balaban J connectivity index is 1.69. The smallest absolute Gasteiger partial charge is 0.312 e. The number of carbonyl (C=O) groups excluding carboxylic acids is 1. The lowest BCUT2D eigenvalue weighted by atomic mass is 9.40. The van der Waals surface area contributed by atoms with Crippen LogP contribution >= 0.6 is 0 Å². The highest BCUT2D eigenvalue weighted by atomic mass is 16.6. The Hall–Kier alpha value is -0.870. The van der Waals surface area contributed by atoms with Crippen molar-refractivity contribution in [3.8, 4) is 0 Å². The first-order valence-corrected chi connectivity index (χ1v) is 9.47. The SMILES string of the molecule is C=C1C[C@]23C[C@@]1(O)CC[C@H]2[C@]1(C)CCC[C@@]2(C)C(=O)O[C@@H]([C@@H]3O)[C@@H]12. The second-order valence-electron chi connectivity index (χ2n) is 9.88. The summed E-state index contributed by atoms with van der Waals surface area (Å²) in [7, 11) is 0. The highest BCUT2D eigenvalue weighted by Crippen LogP contribution is 2.74. The zero-order chi connectivity index (χ0) is 17.1. The van der Waals surface area contributed by atoms with Crippen molar-refractivity contribution in [1.82, 2.24) is 0 Å². The molecular weight excluding hydrogens is 304 g/mol. The molecule has 8 atom stereocenters. The van der Waals surface area contributed by atoms with Gasteiger partial charge in [-0.3, -0.25) is 4.79 Å². The van der Waals surface area contributed by atoms with E-state index in [0.29, 0.717) is 18.8 Å². The first-order valence-electron chi connectivity index (χ1n) is 9.47. The molecule has 132 valence electrons. The van der Waals surface area contributed by atoms with E-state index in [1.165, 1.54) is 0 Å². The van der Waals surface area contributed by atoms with E-state index in [1.807, 2.05) is 0 Å². The van der Waals surface area contributed by atoms with Crippen LogP contribution in [0.3, 0.4) is 0 Å². The first-order chi connectivity index (χ1) is 11.2. The maximum absolute atomic E-state index is 12.7. The van der Waals surface area contributed by atoms with Crippen LogP contribution in [-0.4, -0.2) is 34.0 Å². The highest BCUT2D eigenvalue weighted by molar-refractivity contribution is 5.80. The molecule has 5 aliphatic rings. The van der Waals surface area contributed by atoms with Gasteiger partial charge in [0, 0.05) is 11.3 Å². The van der Waals surface area contributed by atoms with Crippen molar-refractivity contribution < 1.29 is 19.7 Å². The van der Waals surface area contributed by atoms with Gasteiger partial charge in [0.05, 0.1) is 17.1 Å². The van der Waals surface area contributed by atoms with Gasteiger partial charge in [0.2, 0.25) is 0 Å². The van der Waals surface area contributed by atoms with Crippen LogP contribution in [0.15, 0.2) is 12.2 Å². The van der Waals surface area contributed by atoms with Gasteiger partial charge < -0.3 is 14.9 Å². The molecule has 1 saturated heterocycles. The average molecular weight is 332 g/mol. The van der Waals surface area contributed by atoms with Gasteiger partial charge in [0.1, 0.15) is 6.10 Å². The quantitative estimate of drug-likeness (QED) is 0.528. The Morgan fingerprint density at radius 1 is 1.25 bits per heavy atom. The van der Waals surface area contributed by atoms with Crippen molar-refractivity contribution in [2.24, 2.45) is 28.1 Å². The normalized spacial score (nSPS) is 61.3. The molecule has 4 nitrogen and oxygen atoms in total. The molecule has 4 heteroatoms. The third kappa shape index (κ3) is 1.40. The number of carbonyl (C=O) groups is 1. The molecule has 0 radical (unpaired) electrons. The lowest BCUT2D eigenvalue weighted by molar-refractivity contribution is -0.229. The van der Waals surface area contributed by atoms with Gasteiger partial charge in [-0.1, -0.05) is 19.9 Å². The van der Waals surface area contributed by atoms with Crippen molar-refractivity contribution in [3.63, 3.8) is 0 Å². The van der Waals surface area contributed by atoms with Gasteiger partial charge in [-0.25, -0.2) is 0 Å². The Morgan fingerprint density at radius 3 is 2.75 bits per heavy atom. The highest BCUT2D eigenvalue weighted by Gasteiger charge is 2.76. The Labute approximate surface area is 143 Å². The molecule has 0 amide bonds. The molecule has 5 fully saturated rings. The number of rotatable bonds is 0. The fourth-order valence-electron chi connectivity index (χ4n) is 8.01. The largest absolute Gasteiger partial charge is 0.459 e. The molecule has 0 aromatic heterocycles. The predicted octanol–water partition coefficient (Wildman–Crippen LogP) is 2.58. The number of aliphatic hydroxyl groups excluding tert-OH is 1. The number of fused-ring (bicyclic) bond motifs is 2. The Bertz CT molecular complexity index is 658. The zero-order valence-electron chi connectivity index (χ0n) is 14.7. The number of esters is 1. The monoisotopic (exact) mass is 332 g/mol. The average Bonchev–Trinajstić information content (AvgIpc) is 2.88. The van der Waals surface area contributed by atoms with E-state index in [9.17, 15) is 15.0 Å². The third-order valence-electron chi connectivity index (χ3n) is 8.91. The number of aliphatic hydroxyl groups is 2. The van der Waals surface area contributed by atoms with Gasteiger partial charge in [0.25, 0.3) is 0 Å². The fraction of sp³-hybridized carbons (Fsp3) is 0.850. The predicted molar refractivity (Wildman–Crippen MR) is 87.9 cm³/mol. The zero-order valence-corrected chi connectivity index (χ0v) is 14.7. The fourth-order valence-corrected chi connectivity index (χ4v) is 8.01. The second-order valence-corrected chi connectivity index (χ2v) is 9.88. The molecule has 0 aromatic rings. The molecule has 5 rings (SSSR count). The second kappa shape index (κ2) is 4.09. The van der Waals surface area contributed by atoms with Gasteiger partial charge in [-0.2, -0.15) is 0 Å². The summed E-state index contributed by atoms with van der Waals surface area (Å²) >= 11 is 0. The third-order valence-corrected chi connectivity index (χ3v) is 8.91. The molecule has 1 spiro atoms. The van der Waals surface area contributed by atoms with Crippen LogP contribution in [0.2, 0.25) is 0 Å². The van der Waals surface area contributed by atoms with Crippen LogP contribution < -0.4 is 0 Å². The van der Waals surface area contributed by atoms with Gasteiger partial charge >= 0.3 is 5.97 Å². The Kier molecular flexibility index (Phi) is 2.62. The molecule has 0 aromatic carbocycles. The summed E-state index contributed by atoms with van der Waals surface area (Å²) in [6, 6.07) is 0. The minimum Gasteiger partial charge on any atom is -0.459 e. The van der Waals surface area contributed by atoms with Crippen LogP contribution in [0.1, 0.15) is 58.8 Å². The van der Waals surface area contributed by atoms with E-state index in [-0.39, 0.29) is 22.7 Å². The molecule has 2 N–H and O–H groups in total. The van der Waals surface area contributed by atoms with Crippen molar-refractivity contribution in [1.29, 1.82) is 0 Å². The van der Waals surface area contributed by atoms with Gasteiger partial charge in [0.15, 0.2) is 0 Å². The minimum atomic E-state index is -0.832. The van der Waals surface area contributed by atoms with Gasteiger partial charge in [-0.05, 0) is 62.4 Å². The van der Waals surface area contributed by atoms with Crippen molar-refractivity contribution in [3.05, 3.63) is 12.2 Å². The standard InChI is InChI=1S/C20H28O4/c1-11-9-19-10-20(11,23)8-5-12(19)17(2)6-4-7-18(3)14(17)13(15(19)21)24-16(18)22/h12-15,21,23H,1,4-10H2,2-3H3/t12-,13+,14-,15-,17-,18+,19-,20-/m0/s1. The van der Waals surface area contributed by atoms with Crippen molar-refractivity contribution in [2.45, 2.75) is 76.6 Å². The number of hydrogen-bond acceptors (Lipinski definition) is 4. The van der Waals surface area contributed by atoms with E-state index in [4.69, 9.17) is 4.74 Å². The molecule has 1 aliphatic heterocycles. The summed E-state index contributed by atoms with van der Waals surface area (Å²) in [5.74, 6) is 0.302. The summed E-state index contributed by atoms with van der Waals surface area (Å²) in [5.41, 5.74) is -0.794. The number of hydrogen-bond donors (Lipinski definition) is 2. The summed E-state index contributed by atoms with van der Waals surface area (Å²) < 4.78 is 5.82. The molecular formula is C20H28O4. The first kappa shape index (κ1) is 15.4. The maximum atomic E-state index is 12.7.